The molecule has 2 aromatic carbocycles. The van der Waals surface area contributed by atoms with Crippen LogP contribution < -0.4 is 14.8 Å². The Kier molecular flexibility index (Phi) is 8.68. The second-order valence-corrected chi connectivity index (χ2v) is 7.67. The number of halogens is 1. The van der Waals surface area contributed by atoms with Crippen molar-refractivity contribution in [1.82, 2.24) is 20.6 Å². The summed E-state index contributed by atoms with van der Waals surface area (Å²) in [6.45, 7) is 2.07. The van der Waals surface area contributed by atoms with Gasteiger partial charge < -0.3 is 25.0 Å². The Balaban J connectivity index is 1.63. The molecular weight excluding hydrogens is 461 g/mol. The lowest BCUT2D eigenvalue weighted by molar-refractivity contribution is 0.0616. The van der Waals surface area contributed by atoms with Gasteiger partial charge in [-0.1, -0.05) is 19.4 Å². The number of nitrogens with one attached hydrogen (secondary N) is 2. The topological polar surface area (TPSA) is 160 Å². The number of ketones is 1. The van der Waals surface area contributed by atoms with Crippen LogP contribution in [0.15, 0.2) is 30.3 Å². The molecule has 35 heavy (non-hydrogen) atoms. The van der Waals surface area contributed by atoms with Gasteiger partial charge in [0.05, 0.1) is 5.56 Å². The number of aromatic hydroxyl groups is 1. The summed E-state index contributed by atoms with van der Waals surface area (Å²) in [5, 5.41) is 36.0. The van der Waals surface area contributed by atoms with Crippen LogP contribution in [0.4, 0.5) is 10.1 Å². The van der Waals surface area contributed by atoms with Gasteiger partial charge in [-0.3, -0.25) is 9.59 Å². The third kappa shape index (κ3) is 6.51. The number of phenolic OH excluding ortho intramolecular Hbond substituents is 1. The molecule has 186 valence electrons. The van der Waals surface area contributed by atoms with E-state index in [-0.39, 0.29) is 47.4 Å². The monoisotopic (exact) mass is 487 g/mol. The van der Waals surface area contributed by atoms with Crippen molar-refractivity contribution >= 4 is 17.4 Å². The fraction of sp³-hybridized carbons (Fsp3) is 0.348. The van der Waals surface area contributed by atoms with E-state index < -0.39 is 18.7 Å². The molecule has 1 amide bonds. The first kappa shape index (κ1) is 25.6. The summed E-state index contributed by atoms with van der Waals surface area (Å²) in [5.74, 6) is -0.696. The number of aromatic amines is 1. The minimum absolute atomic E-state index is 0.130. The molecule has 0 saturated carbocycles. The number of aliphatic hydroxyl groups is 1. The molecule has 1 aromatic heterocycles. The van der Waals surface area contributed by atoms with Crippen molar-refractivity contribution in [3.05, 3.63) is 52.8 Å². The molecular formula is C23H26FN5O6. The van der Waals surface area contributed by atoms with Crippen LogP contribution in [0.5, 0.6) is 17.2 Å². The zero-order valence-electron chi connectivity index (χ0n) is 19.2. The SMILES string of the molecule is CCCc1c(OCC(O)COc2cc(NC(=O)c3nn[nH]n3)ccc2CF)ccc(C(C)=O)c1O. The number of benzene rings is 2. The molecule has 4 N–H and O–H groups in total. The summed E-state index contributed by atoms with van der Waals surface area (Å²) >= 11 is 0. The van der Waals surface area contributed by atoms with Gasteiger partial charge in [0, 0.05) is 22.9 Å². The molecule has 11 nitrogen and oxygen atoms in total. The van der Waals surface area contributed by atoms with E-state index in [4.69, 9.17) is 9.47 Å². The van der Waals surface area contributed by atoms with E-state index in [1.54, 1.807) is 6.07 Å². The molecule has 0 bridgehead atoms. The number of nitrogens with zero attached hydrogens (tertiary/aromatic N) is 3. The van der Waals surface area contributed by atoms with Gasteiger partial charge in [-0.15, -0.1) is 10.2 Å². The Labute approximate surface area is 200 Å². The fourth-order valence-electron chi connectivity index (χ4n) is 3.27. The molecule has 1 heterocycles. The van der Waals surface area contributed by atoms with Crippen LogP contribution in [0, 0.1) is 0 Å². The van der Waals surface area contributed by atoms with Crippen LogP contribution in [0.25, 0.3) is 0 Å². The maximum Gasteiger partial charge on any atom is 0.297 e. The van der Waals surface area contributed by atoms with Crippen molar-refractivity contribution in [1.29, 1.82) is 0 Å². The van der Waals surface area contributed by atoms with E-state index in [0.29, 0.717) is 29.8 Å². The third-order valence-corrected chi connectivity index (χ3v) is 5.00. The Morgan fingerprint density at radius 2 is 1.91 bits per heavy atom. The zero-order valence-corrected chi connectivity index (χ0v) is 19.2. The number of tetrazole rings is 1. The maximum absolute atomic E-state index is 13.4. The highest BCUT2D eigenvalue weighted by molar-refractivity contribution is 6.01. The summed E-state index contributed by atoms with van der Waals surface area (Å²) in [4.78, 5) is 23.8. The van der Waals surface area contributed by atoms with Crippen molar-refractivity contribution in [2.45, 2.75) is 39.5 Å². The number of ether oxygens (including phenoxy) is 2. The first-order valence-electron chi connectivity index (χ1n) is 10.9. The lowest BCUT2D eigenvalue weighted by atomic mass is 10.0. The summed E-state index contributed by atoms with van der Waals surface area (Å²) in [6.07, 6.45) is 0.101. The van der Waals surface area contributed by atoms with E-state index in [2.05, 4.69) is 25.9 Å². The first-order valence-corrected chi connectivity index (χ1v) is 10.9. The molecule has 0 aliphatic rings. The largest absolute Gasteiger partial charge is 0.507 e. The van der Waals surface area contributed by atoms with Crippen LogP contribution in [-0.2, 0) is 13.1 Å². The normalized spacial score (nSPS) is 11.7. The molecule has 12 heteroatoms. The van der Waals surface area contributed by atoms with Gasteiger partial charge in [-0.05, 0) is 36.8 Å². The number of anilines is 1. The number of H-pyrrole nitrogens is 1. The number of carbonyl (C=O) groups excluding carboxylic acids is 2. The lowest BCUT2D eigenvalue weighted by Crippen LogP contribution is -2.25. The minimum Gasteiger partial charge on any atom is -0.507 e. The highest BCUT2D eigenvalue weighted by Gasteiger charge is 2.18. The van der Waals surface area contributed by atoms with Gasteiger partial charge in [0.25, 0.3) is 11.7 Å². The summed E-state index contributed by atoms with van der Waals surface area (Å²) < 4.78 is 24.7. The summed E-state index contributed by atoms with van der Waals surface area (Å²) in [7, 11) is 0. The molecule has 0 fully saturated rings. The second-order valence-electron chi connectivity index (χ2n) is 7.67. The molecule has 0 radical (unpaired) electrons. The quantitative estimate of drug-likeness (QED) is 0.282. The molecule has 1 atom stereocenters. The van der Waals surface area contributed by atoms with Crippen molar-refractivity contribution in [2.24, 2.45) is 0 Å². The van der Waals surface area contributed by atoms with Crippen LogP contribution in [0.2, 0.25) is 0 Å². The molecule has 3 rings (SSSR count). The highest BCUT2D eigenvalue weighted by atomic mass is 19.1. The number of aromatic nitrogens is 4. The van der Waals surface area contributed by atoms with E-state index in [1.807, 2.05) is 6.92 Å². The van der Waals surface area contributed by atoms with E-state index in [0.717, 1.165) is 0 Å². The molecule has 0 aliphatic heterocycles. The Morgan fingerprint density at radius 1 is 1.17 bits per heavy atom. The van der Waals surface area contributed by atoms with Crippen LogP contribution in [0.1, 0.15) is 52.4 Å². The minimum atomic E-state index is -1.09. The van der Waals surface area contributed by atoms with Gasteiger partial charge in [0.2, 0.25) is 0 Å². The average molecular weight is 487 g/mol. The standard InChI is InChI=1S/C23H26FN5O6/c1-3-4-18-19(8-7-17(13(2)30)21(18)32)34-11-16(31)12-35-20-9-15(6-5-14(20)10-24)25-23(33)22-26-28-29-27-22/h5-9,16,31-32H,3-4,10-12H2,1-2H3,(H,25,33)(H,26,27,28,29). The molecule has 3 aromatic rings. The molecule has 0 spiro atoms. The summed E-state index contributed by atoms with van der Waals surface area (Å²) in [6, 6.07) is 7.40. The number of alkyl halides is 1. The van der Waals surface area contributed by atoms with Crippen LogP contribution >= 0.6 is 0 Å². The summed E-state index contributed by atoms with van der Waals surface area (Å²) in [5.41, 5.74) is 1.22. The maximum atomic E-state index is 13.4. The molecule has 0 saturated heterocycles. The number of carbonyl (C=O) groups is 2. The van der Waals surface area contributed by atoms with Gasteiger partial charge >= 0.3 is 0 Å². The Bertz CT molecular complexity index is 1170. The lowest BCUT2D eigenvalue weighted by Gasteiger charge is -2.18. The smallest absolute Gasteiger partial charge is 0.297 e. The van der Waals surface area contributed by atoms with Gasteiger partial charge in [-0.2, -0.15) is 5.21 Å². The Hall–Kier alpha value is -4.06. The van der Waals surface area contributed by atoms with Crippen molar-refractivity contribution in [3.8, 4) is 17.2 Å². The molecule has 1 unspecified atom stereocenters. The number of phenols is 1. The number of aliphatic hydroxyl groups excluding tert-OH is 1. The van der Waals surface area contributed by atoms with Gasteiger partial charge in [-0.25, -0.2) is 4.39 Å². The number of hydrogen-bond acceptors (Lipinski definition) is 9. The van der Waals surface area contributed by atoms with Crippen molar-refractivity contribution in [2.75, 3.05) is 18.5 Å². The predicted octanol–water partition coefficient (Wildman–Crippen LogP) is 2.60. The first-order chi connectivity index (χ1) is 16.8. The predicted molar refractivity (Wildman–Crippen MR) is 122 cm³/mol. The van der Waals surface area contributed by atoms with E-state index >= 15 is 0 Å². The van der Waals surface area contributed by atoms with Crippen LogP contribution in [0.3, 0.4) is 0 Å². The number of Topliss-reactive ketones (excluding diaryl/α,β-unsaturated/α-hetero) is 1. The number of hydrogen-bond donors (Lipinski definition) is 4. The van der Waals surface area contributed by atoms with Gasteiger partial charge in [0.1, 0.15) is 43.2 Å². The van der Waals surface area contributed by atoms with Crippen molar-refractivity contribution in [3.63, 3.8) is 0 Å². The highest BCUT2D eigenvalue weighted by Crippen LogP contribution is 2.33. The third-order valence-electron chi connectivity index (χ3n) is 5.00. The van der Waals surface area contributed by atoms with Crippen LogP contribution in [-0.4, -0.2) is 61.8 Å². The fourth-order valence-corrected chi connectivity index (χ4v) is 3.27. The number of rotatable bonds is 12. The zero-order chi connectivity index (χ0) is 25.4. The average Bonchev–Trinajstić information content (AvgIpc) is 3.38. The molecule has 0 aliphatic carbocycles. The second kappa shape index (κ2) is 11.9. The van der Waals surface area contributed by atoms with E-state index in [1.165, 1.54) is 31.2 Å². The Morgan fingerprint density at radius 3 is 2.54 bits per heavy atom. The van der Waals surface area contributed by atoms with Gasteiger partial charge in [0.15, 0.2) is 5.78 Å². The number of amides is 1. The van der Waals surface area contributed by atoms with Crippen molar-refractivity contribution < 1.29 is 33.7 Å². The van der Waals surface area contributed by atoms with E-state index in [9.17, 15) is 24.2 Å².